The van der Waals surface area contributed by atoms with Gasteiger partial charge in [-0.2, -0.15) is 0 Å². The van der Waals surface area contributed by atoms with Crippen molar-refractivity contribution < 1.29 is 4.79 Å². The highest BCUT2D eigenvalue weighted by Crippen LogP contribution is 2.34. The first-order valence-electron chi connectivity index (χ1n) is 5.57. The first kappa shape index (κ1) is 11.1. The Bertz CT molecular complexity index is 366. The summed E-state index contributed by atoms with van der Waals surface area (Å²) in [4.78, 5) is 17.9. The molecule has 4 heteroatoms. The Hall–Kier alpha value is -1.42. The molecule has 2 atom stereocenters. The van der Waals surface area contributed by atoms with Crippen LogP contribution in [-0.2, 0) is 4.79 Å². The number of carbonyl (C=O) groups is 1. The van der Waals surface area contributed by atoms with E-state index in [0.717, 1.165) is 12.8 Å². The van der Waals surface area contributed by atoms with Crippen LogP contribution in [0.15, 0.2) is 24.5 Å². The van der Waals surface area contributed by atoms with E-state index in [4.69, 9.17) is 0 Å². The van der Waals surface area contributed by atoms with Crippen LogP contribution in [0.4, 0.5) is 0 Å². The van der Waals surface area contributed by atoms with Crippen LogP contribution in [0.25, 0.3) is 0 Å². The first-order chi connectivity index (χ1) is 7.74. The number of amides is 1. The second-order valence-corrected chi connectivity index (χ2v) is 4.18. The monoisotopic (exact) mass is 219 g/mol. The Kier molecular flexibility index (Phi) is 3.19. The second kappa shape index (κ2) is 4.61. The number of pyridine rings is 1. The number of nitrogens with zero attached hydrogens (tertiary/aromatic N) is 2. The van der Waals surface area contributed by atoms with Crippen LogP contribution in [0.1, 0.15) is 24.4 Å². The van der Waals surface area contributed by atoms with E-state index in [0.29, 0.717) is 6.04 Å². The average molecular weight is 219 g/mol. The molecule has 2 heterocycles. The summed E-state index contributed by atoms with van der Waals surface area (Å²) in [5.74, 6) is 0.105. The number of carbonyl (C=O) groups excluding carboxylic acids is 1. The van der Waals surface area contributed by atoms with Crippen molar-refractivity contribution in [2.75, 3.05) is 14.1 Å². The lowest BCUT2D eigenvalue weighted by molar-refractivity contribution is -0.124. The fourth-order valence-electron chi connectivity index (χ4n) is 2.40. The maximum Gasteiger partial charge on any atom is 0.237 e. The molecule has 1 aromatic rings. The van der Waals surface area contributed by atoms with Crippen LogP contribution in [0.3, 0.4) is 0 Å². The third-order valence-electron chi connectivity index (χ3n) is 3.32. The van der Waals surface area contributed by atoms with E-state index in [1.807, 2.05) is 19.3 Å². The van der Waals surface area contributed by atoms with Gasteiger partial charge in [-0.25, -0.2) is 0 Å². The van der Waals surface area contributed by atoms with Crippen LogP contribution >= 0.6 is 0 Å². The lowest BCUT2D eigenvalue weighted by atomic mass is 10.1. The standard InChI is InChI=1S/C12H17N3O/c1-13-12(16)11-6-5-10(15(11)2)9-4-3-7-14-8-9/h3-4,7-8,10-11H,5-6H2,1-2H3,(H,13,16). The minimum Gasteiger partial charge on any atom is -0.358 e. The van der Waals surface area contributed by atoms with E-state index in [1.165, 1.54) is 5.56 Å². The number of nitrogens with one attached hydrogen (secondary N) is 1. The van der Waals surface area contributed by atoms with Crippen molar-refractivity contribution in [1.82, 2.24) is 15.2 Å². The molecule has 1 aromatic heterocycles. The van der Waals surface area contributed by atoms with Crippen LogP contribution in [0, 0.1) is 0 Å². The fraction of sp³-hybridized carbons (Fsp3) is 0.500. The molecule has 2 unspecified atom stereocenters. The summed E-state index contributed by atoms with van der Waals surface area (Å²) in [5.41, 5.74) is 1.19. The van der Waals surface area contributed by atoms with Crippen molar-refractivity contribution in [3.63, 3.8) is 0 Å². The molecule has 1 aliphatic rings. The highest BCUT2D eigenvalue weighted by molar-refractivity contribution is 5.81. The van der Waals surface area contributed by atoms with Crippen LogP contribution < -0.4 is 5.32 Å². The van der Waals surface area contributed by atoms with E-state index in [2.05, 4.69) is 21.3 Å². The molecule has 0 saturated carbocycles. The molecule has 0 aliphatic carbocycles. The van der Waals surface area contributed by atoms with Gasteiger partial charge in [0.25, 0.3) is 0 Å². The number of rotatable bonds is 2. The lowest BCUT2D eigenvalue weighted by Crippen LogP contribution is -2.40. The molecular formula is C12H17N3O. The average Bonchev–Trinajstić information content (AvgIpc) is 2.71. The number of hydrogen-bond donors (Lipinski definition) is 1. The van der Waals surface area contributed by atoms with Crippen molar-refractivity contribution in [3.05, 3.63) is 30.1 Å². The summed E-state index contributed by atoms with van der Waals surface area (Å²) in [7, 11) is 3.69. The van der Waals surface area contributed by atoms with E-state index < -0.39 is 0 Å². The zero-order valence-electron chi connectivity index (χ0n) is 9.68. The predicted octanol–water partition coefficient (Wildman–Crippen LogP) is 0.963. The normalized spacial score (nSPS) is 25.6. The van der Waals surface area contributed by atoms with Gasteiger partial charge in [0, 0.05) is 25.5 Å². The van der Waals surface area contributed by atoms with Crippen molar-refractivity contribution in [2.45, 2.75) is 24.9 Å². The molecule has 1 saturated heterocycles. The third-order valence-corrected chi connectivity index (χ3v) is 3.32. The number of hydrogen-bond acceptors (Lipinski definition) is 3. The molecule has 0 spiro atoms. The van der Waals surface area contributed by atoms with E-state index in [-0.39, 0.29) is 11.9 Å². The van der Waals surface area contributed by atoms with Crippen LogP contribution in [0.5, 0.6) is 0 Å². The van der Waals surface area contributed by atoms with Gasteiger partial charge in [0.15, 0.2) is 0 Å². The third kappa shape index (κ3) is 1.93. The van der Waals surface area contributed by atoms with Crippen molar-refractivity contribution in [3.8, 4) is 0 Å². The smallest absolute Gasteiger partial charge is 0.237 e. The lowest BCUT2D eigenvalue weighted by Gasteiger charge is -2.24. The summed E-state index contributed by atoms with van der Waals surface area (Å²) in [6.45, 7) is 0. The summed E-state index contributed by atoms with van der Waals surface area (Å²) >= 11 is 0. The quantitative estimate of drug-likeness (QED) is 0.806. The molecule has 0 aromatic carbocycles. The molecule has 0 radical (unpaired) electrons. The molecule has 1 fully saturated rings. The largest absolute Gasteiger partial charge is 0.358 e. The Morgan fingerprint density at radius 1 is 1.56 bits per heavy atom. The highest BCUT2D eigenvalue weighted by atomic mass is 16.2. The van der Waals surface area contributed by atoms with Gasteiger partial charge in [0.05, 0.1) is 6.04 Å². The van der Waals surface area contributed by atoms with Gasteiger partial charge in [-0.1, -0.05) is 6.07 Å². The second-order valence-electron chi connectivity index (χ2n) is 4.18. The minimum atomic E-state index is -0.00444. The van der Waals surface area contributed by atoms with Gasteiger partial charge in [0.2, 0.25) is 5.91 Å². The molecule has 4 nitrogen and oxygen atoms in total. The Morgan fingerprint density at radius 2 is 2.38 bits per heavy atom. The summed E-state index contributed by atoms with van der Waals surface area (Å²) < 4.78 is 0. The van der Waals surface area contributed by atoms with Gasteiger partial charge in [-0.3, -0.25) is 14.7 Å². The molecule has 16 heavy (non-hydrogen) atoms. The number of likely N-dealkylation sites (N-methyl/N-ethyl adjacent to an activating group) is 2. The molecule has 1 amide bonds. The number of likely N-dealkylation sites (tertiary alicyclic amines) is 1. The fourth-order valence-corrected chi connectivity index (χ4v) is 2.40. The van der Waals surface area contributed by atoms with Crippen LogP contribution in [0.2, 0.25) is 0 Å². The Balaban J connectivity index is 2.13. The molecular weight excluding hydrogens is 202 g/mol. The first-order valence-corrected chi connectivity index (χ1v) is 5.57. The maximum absolute atomic E-state index is 11.6. The zero-order valence-corrected chi connectivity index (χ0v) is 9.68. The molecule has 0 bridgehead atoms. The molecule has 1 aliphatic heterocycles. The summed E-state index contributed by atoms with van der Waals surface area (Å²) in [6, 6.07) is 4.32. The Labute approximate surface area is 95.7 Å². The Morgan fingerprint density at radius 3 is 3.00 bits per heavy atom. The van der Waals surface area contributed by atoms with E-state index in [1.54, 1.807) is 13.2 Å². The predicted molar refractivity (Wildman–Crippen MR) is 61.8 cm³/mol. The van der Waals surface area contributed by atoms with Gasteiger partial charge in [0.1, 0.15) is 0 Å². The zero-order chi connectivity index (χ0) is 11.5. The van der Waals surface area contributed by atoms with Crippen LogP contribution in [-0.4, -0.2) is 35.9 Å². The van der Waals surface area contributed by atoms with Gasteiger partial charge >= 0.3 is 0 Å². The molecule has 2 rings (SSSR count). The van der Waals surface area contributed by atoms with Crippen molar-refractivity contribution >= 4 is 5.91 Å². The van der Waals surface area contributed by atoms with Crippen molar-refractivity contribution in [1.29, 1.82) is 0 Å². The summed E-state index contributed by atoms with van der Waals surface area (Å²) in [6.07, 6.45) is 5.58. The summed E-state index contributed by atoms with van der Waals surface area (Å²) in [5, 5.41) is 2.71. The number of aromatic nitrogens is 1. The van der Waals surface area contributed by atoms with E-state index >= 15 is 0 Å². The topological polar surface area (TPSA) is 45.2 Å². The SMILES string of the molecule is CNC(=O)C1CCC(c2cccnc2)N1C. The van der Waals surface area contributed by atoms with Gasteiger partial charge in [-0.05, 0) is 31.5 Å². The molecule has 1 N–H and O–H groups in total. The van der Waals surface area contributed by atoms with Gasteiger partial charge < -0.3 is 5.32 Å². The highest BCUT2D eigenvalue weighted by Gasteiger charge is 2.35. The maximum atomic E-state index is 11.6. The van der Waals surface area contributed by atoms with Gasteiger partial charge in [-0.15, -0.1) is 0 Å². The molecule has 86 valence electrons. The van der Waals surface area contributed by atoms with E-state index in [9.17, 15) is 4.79 Å². The minimum absolute atomic E-state index is 0.00444. The van der Waals surface area contributed by atoms with Crippen molar-refractivity contribution in [2.24, 2.45) is 0 Å².